The molecule has 0 saturated carbocycles. The predicted octanol–water partition coefficient (Wildman–Crippen LogP) is 2.83. The first-order chi connectivity index (χ1) is 13.1. The first kappa shape index (κ1) is 22.0. The molecule has 0 atom stereocenters. The van der Waals surface area contributed by atoms with Crippen molar-refractivity contribution in [3.05, 3.63) is 34.9 Å². The average molecular weight is 410 g/mol. The Morgan fingerprint density at radius 2 is 1.71 bits per heavy atom. The fourth-order valence-electron chi connectivity index (χ4n) is 2.90. The van der Waals surface area contributed by atoms with Crippen molar-refractivity contribution < 1.29 is 19.1 Å². The van der Waals surface area contributed by atoms with Crippen LogP contribution in [0.4, 0.5) is 4.79 Å². The second-order valence-electron chi connectivity index (χ2n) is 7.90. The van der Waals surface area contributed by atoms with Gasteiger partial charge in [0.2, 0.25) is 5.91 Å². The summed E-state index contributed by atoms with van der Waals surface area (Å²) < 4.78 is 5.12. The monoisotopic (exact) mass is 409 g/mol. The zero-order chi connectivity index (χ0) is 20.7. The van der Waals surface area contributed by atoms with Gasteiger partial charge in [0.25, 0.3) is 5.91 Å². The maximum atomic E-state index is 12.2. The third kappa shape index (κ3) is 7.38. The summed E-state index contributed by atoms with van der Waals surface area (Å²) in [6.45, 7) is 7.01. The predicted molar refractivity (Wildman–Crippen MR) is 107 cm³/mol. The third-order valence-electron chi connectivity index (χ3n) is 4.41. The molecule has 0 unspecified atom stereocenters. The number of ether oxygens (including phenoxy) is 1. The van der Waals surface area contributed by atoms with Gasteiger partial charge in [-0.25, -0.2) is 4.79 Å². The van der Waals surface area contributed by atoms with Crippen LogP contribution in [0.15, 0.2) is 24.3 Å². The Morgan fingerprint density at radius 3 is 2.29 bits per heavy atom. The lowest BCUT2D eigenvalue weighted by molar-refractivity contribution is -0.131. The average Bonchev–Trinajstić information content (AvgIpc) is 2.64. The van der Waals surface area contributed by atoms with Gasteiger partial charge >= 0.3 is 6.09 Å². The molecule has 2 N–H and O–H groups in total. The Balaban J connectivity index is 1.67. The third-order valence-corrected chi connectivity index (χ3v) is 4.66. The van der Waals surface area contributed by atoms with Crippen LogP contribution in [0.3, 0.4) is 0 Å². The summed E-state index contributed by atoms with van der Waals surface area (Å²) in [5, 5.41) is 6.02. The SMILES string of the molecule is CC(C)(C)OC(=O)NCC(=O)N1CCC(CNC(=O)c2ccc(Cl)cc2)CC1. The van der Waals surface area contributed by atoms with Gasteiger partial charge in [0.1, 0.15) is 12.1 Å². The van der Waals surface area contributed by atoms with Gasteiger partial charge in [0, 0.05) is 30.2 Å². The van der Waals surface area contributed by atoms with Crippen molar-refractivity contribution in [2.45, 2.75) is 39.2 Å². The maximum absolute atomic E-state index is 12.2. The zero-order valence-electron chi connectivity index (χ0n) is 16.6. The van der Waals surface area contributed by atoms with Crippen LogP contribution in [0.25, 0.3) is 0 Å². The van der Waals surface area contributed by atoms with Crippen molar-refractivity contribution in [2.24, 2.45) is 5.92 Å². The molecule has 1 heterocycles. The minimum atomic E-state index is -0.597. The molecule has 0 radical (unpaired) electrons. The molecule has 1 aromatic rings. The van der Waals surface area contributed by atoms with E-state index >= 15 is 0 Å². The van der Waals surface area contributed by atoms with Crippen molar-refractivity contribution in [2.75, 3.05) is 26.2 Å². The highest BCUT2D eigenvalue weighted by molar-refractivity contribution is 6.30. The molecule has 3 amide bonds. The van der Waals surface area contributed by atoms with E-state index in [-0.39, 0.29) is 18.4 Å². The quantitative estimate of drug-likeness (QED) is 0.782. The molecule has 28 heavy (non-hydrogen) atoms. The summed E-state index contributed by atoms with van der Waals surface area (Å²) in [5.74, 6) is 0.0605. The van der Waals surface area contributed by atoms with Crippen LogP contribution in [0.1, 0.15) is 44.0 Å². The van der Waals surface area contributed by atoms with Crippen LogP contribution in [0.2, 0.25) is 5.02 Å². The first-order valence-electron chi connectivity index (χ1n) is 9.42. The number of alkyl carbamates (subject to hydrolysis) is 1. The number of carbonyl (C=O) groups is 3. The number of piperidine rings is 1. The molecular formula is C20H28ClN3O4. The molecular weight excluding hydrogens is 382 g/mol. The van der Waals surface area contributed by atoms with Gasteiger partial charge in [0.15, 0.2) is 0 Å². The maximum Gasteiger partial charge on any atom is 0.408 e. The molecule has 1 fully saturated rings. The Kier molecular flexibility index (Phi) is 7.69. The molecule has 154 valence electrons. The molecule has 1 aliphatic heterocycles. The number of likely N-dealkylation sites (tertiary alicyclic amines) is 1. The fourth-order valence-corrected chi connectivity index (χ4v) is 3.03. The molecule has 0 aliphatic carbocycles. The van der Waals surface area contributed by atoms with Gasteiger partial charge in [-0.15, -0.1) is 0 Å². The highest BCUT2D eigenvalue weighted by Gasteiger charge is 2.24. The van der Waals surface area contributed by atoms with Crippen LogP contribution in [0, 0.1) is 5.92 Å². The number of benzene rings is 1. The number of nitrogens with zero attached hydrogens (tertiary/aromatic N) is 1. The summed E-state index contributed by atoms with van der Waals surface area (Å²) in [7, 11) is 0. The summed E-state index contributed by atoms with van der Waals surface area (Å²) in [4.78, 5) is 37.7. The topological polar surface area (TPSA) is 87.7 Å². The van der Waals surface area contributed by atoms with Crippen molar-refractivity contribution >= 4 is 29.5 Å². The van der Waals surface area contributed by atoms with Crippen LogP contribution < -0.4 is 10.6 Å². The van der Waals surface area contributed by atoms with E-state index in [1.807, 2.05) is 0 Å². The van der Waals surface area contributed by atoms with Gasteiger partial charge in [-0.2, -0.15) is 0 Å². The second kappa shape index (κ2) is 9.78. The highest BCUT2D eigenvalue weighted by Crippen LogP contribution is 2.17. The number of hydrogen-bond acceptors (Lipinski definition) is 4. The zero-order valence-corrected chi connectivity index (χ0v) is 17.3. The van der Waals surface area contributed by atoms with Gasteiger partial charge < -0.3 is 20.3 Å². The Hall–Kier alpha value is -2.28. The summed E-state index contributed by atoms with van der Waals surface area (Å²) in [6.07, 6.45) is 1.01. The van der Waals surface area contributed by atoms with E-state index in [4.69, 9.17) is 16.3 Å². The molecule has 1 saturated heterocycles. The van der Waals surface area contributed by atoms with E-state index in [2.05, 4.69) is 10.6 Å². The number of amides is 3. The summed E-state index contributed by atoms with van der Waals surface area (Å²) in [5.41, 5.74) is -0.0210. The van der Waals surface area contributed by atoms with Crippen molar-refractivity contribution in [1.29, 1.82) is 0 Å². The smallest absolute Gasteiger partial charge is 0.408 e. The number of hydrogen-bond donors (Lipinski definition) is 2. The van der Waals surface area contributed by atoms with Gasteiger partial charge in [-0.05, 0) is 63.8 Å². The summed E-state index contributed by atoms with van der Waals surface area (Å²) >= 11 is 5.83. The minimum Gasteiger partial charge on any atom is -0.444 e. The lowest BCUT2D eigenvalue weighted by atomic mass is 9.96. The molecule has 1 aliphatic rings. The van der Waals surface area contributed by atoms with E-state index in [1.54, 1.807) is 49.9 Å². The molecule has 0 aromatic heterocycles. The summed E-state index contributed by atoms with van der Waals surface area (Å²) in [6, 6.07) is 6.75. The molecule has 7 nitrogen and oxygen atoms in total. The normalized spacial score (nSPS) is 15.1. The van der Waals surface area contributed by atoms with Gasteiger partial charge in [-0.1, -0.05) is 11.6 Å². The molecule has 1 aromatic carbocycles. The Bertz CT molecular complexity index is 692. The highest BCUT2D eigenvalue weighted by atomic mass is 35.5. The first-order valence-corrected chi connectivity index (χ1v) is 9.80. The Morgan fingerprint density at radius 1 is 1.11 bits per heavy atom. The van der Waals surface area contributed by atoms with Crippen molar-refractivity contribution in [3.8, 4) is 0 Å². The van der Waals surface area contributed by atoms with E-state index in [0.717, 1.165) is 12.8 Å². The molecule has 0 bridgehead atoms. The van der Waals surface area contributed by atoms with Crippen molar-refractivity contribution in [1.82, 2.24) is 15.5 Å². The van der Waals surface area contributed by atoms with E-state index in [9.17, 15) is 14.4 Å². The van der Waals surface area contributed by atoms with Gasteiger partial charge in [0.05, 0.1) is 0 Å². The lowest BCUT2D eigenvalue weighted by Crippen LogP contribution is -2.46. The van der Waals surface area contributed by atoms with E-state index in [0.29, 0.717) is 36.1 Å². The lowest BCUT2D eigenvalue weighted by Gasteiger charge is -2.32. The number of nitrogens with one attached hydrogen (secondary N) is 2. The van der Waals surface area contributed by atoms with E-state index in [1.165, 1.54) is 0 Å². The number of carbonyl (C=O) groups excluding carboxylic acids is 3. The second-order valence-corrected chi connectivity index (χ2v) is 8.33. The number of halogens is 1. The standard InChI is InChI=1S/C20H28ClN3O4/c1-20(2,3)28-19(27)23-13-17(25)24-10-8-14(9-11-24)12-22-18(26)15-4-6-16(21)7-5-15/h4-7,14H,8-13H2,1-3H3,(H,22,26)(H,23,27). The largest absolute Gasteiger partial charge is 0.444 e. The minimum absolute atomic E-state index is 0.0765. The van der Waals surface area contributed by atoms with Crippen LogP contribution in [0.5, 0.6) is 0 Å². The van der Waals surface area contributed by atoms with Gasteiger partial charge in [-0.3, -0.25) is 9.59 Å². The molecule has 2 rings (SSSR count). The number of rotatable bonds is 5. The van der Waals surface area contributed by atoms with Crippen molar-refractivity contribution in [3.63, 3.8) is 0 Å². The van der Waals surface area contributed by atoms with E-state index < -0.39 is 11.7 Å². The fraction of sp³-hybridized carbons (Fsp3) is 0.550. The van der Waals surface area contributed by atoms with Crippen LogP contribution in [-0.2, 0) is 9.53 Å². The Labute approximate surface area is 170 Å². The van der Waals surface area contributed by atoms with Crippen LogP contribution >= 0.6 is 11.6 Å². The molecule has 0 spiro atoms. The van der Waals surface area contributed by atoms with Crippen LogP contribution in [-0.4, -0.2) is 54.6 Å². The molecule has 8 heteroatoms.